The second kappa shape index (κ2) is 12.9. The molecule has 0 aliphatic heterocycles. The molecule has 1 aliphatic carbocycles. The number of pyridine rings is 1. The van der Waals surface area contributed by atoms with Crippen LogP contribution in [0.2, 0.25) is 5.02 Å². The van der Waals surface area contributed by atoms with Crippen molar-refractivity contribution in [1.29, 1.82) is 0 Å². The summed E-state index contributed by atoms with van der Waals surface area (Å²) in [6.45, 7) is -1.76. The number of amides is 1. The summed E-state index contributed by atoms with van der Waals surface area (Å²) in [5.41, 5.74) is -1.65. The van der Waals surface area contributed by atoms with E-state index in [4.69, 9.17) is 11.6 Å². The fourth-order valence-electron chi connectivity index (χ4n) is 4.74. The zero-order chi connectivity index (χ0) is 31.6. The van der Waals surface area contributed by atoms with Gasteiger partial charge in [-0.15, -0.1) is 0 Å². The molecule has 8 nitrogen and oxygen atoms in total. The van der Waals surface area contributed by atoms with Crippen LogP contribution in [0, 0.1) is 11.8 Å². The average Bonchev–Trinajstić information content (AvgIpc) is 3.20. The lowest BCUT2D eigenvalue weighted by Crippen LogP contribution is -2.38. The Morgan fingerprint density at radius 1 is 1.14 bits per heavy atom. The molecular weight excluding hydrogens is 628 g/mol. The minimum atomic E-state index is -5.68. The Morgan fingerprint density at radius 3 is 2.24 bits per heavy atom. The molecular formula is C24H27ClF8N4O4S. The summed E-state index contributed by atoms with van der Waals surface area (Å²) < 4.78 is 134. The summed E-state index contributed by atoms with van der Waals surface area (Å²) in [6, 6.07) is 0.530. The van der Waals surface area contributed by atoms with E-state index in [1.807, 2.05) is 0 Å². The fourth-order valence-corrected chi connectivity index (χ4v) is 6.19. The highest BCUT2D eigenvalue weighted by Gasteiger charge is 2.56. The number of sulfone groups is 1. The number of alkyl halides is 8. The van der Waals surface area contributed by atoms with Gasteiger partial charge in [-0.2, -0.15) is 40.2 Å². The van der Waals surface area contributed by atoms with Crippen molar-refractivity contribution in [3.05, 3.63) is 28.7 Å². The average molecular weight is 655 g/mol. The van der Waals surface area contributed by atoms with Gasteiger partial charge in [0.15, 0.2) is 11.6 Å². The third kappa shape index (κ3) is 8.23. The molecule has 1 saturated carbocycles. The number of carbonyl (C=O) groups is 1. The molecule has 0 atom stereocenters. The molecule has 1 aliphatic rings. The number of rotatable bonds is 10. The first-order valence-corrected chi connectivity index (χ1v) is 15.0. The highest BCUT2D eigenvalue weighted by Crippen LogP contribution is 2.43. The lowest BCUT2D eigenvalue weighted by Gasteiger charge is -2.27. The lowest BCUT2D eigenvalue weighted by atomic mass is 9.89. The Bertz CT molecular complexity index is 1360. The van der Waals surface area contributed by atoms with E-state index in [0.717, 1.165) is 10.9 Å². The molecule has 0 unspecified atom stereocenters. The first-order chi connectivity index (χ1) is 19.3. The lowest BCUT2D eigenvalue weighted by molar-refractivity contribution is -0.283. The van der Waals surface area contributed by atoms with Crippen molar-refractivity contribution in [2.24, 2.45) is 11.8 Å². The molecule has 42 heavy (non-hydrogen) atoms. The minimum absolute atomic E-state index is 0.0153. The van der Waals surface area contributed by atoms with E-state index in [9.17, 15) is 48.3 Å². The predicted molar refractivity (Wildman–Crippen MR) is 135 cm³/mol. The second-order valence-electron chi connectivity index (χ2n) is 9.90. The van der Waals surface area contributed by atoms with E-state index in [0.29, 0.717) is 31.7 Å². The molecule has 2 aromatic rings. The molecule has 0 aromatic carbocycles. The number of aromatic nitrogens is 3. The van der Waals surface area contributed by atoms with Crippen LogP contribution in [0.4, 0.5) is 35.1 Å². The molecule has 0 bridgehead atoms. The molecule has 2 aromatic heterocycles. The van der Waals surface area contributed by atoms with Crippen molar-refractivity contribution in [2.75, 3.05) is 12.8 Å². The summed E-state index contributed by atoms with van der Waals surface area (Å²) in [7, 11) is -3.17. The number of aryl methyl sites for hydroxylation is 1. The van der Waals surface area contributed by atoms with E-state index < -0.39 is 63.7 Å². The van der Waals surface area contributed by atoms with Gasteiger partial charge in [-0.3, -0.25) is 14.5 Å². The van der Waals surface area contributed by atoms with Gasteiger partial charge >= 0.3 is 19.0 Å². The van der Waals surface area contributed by atoms with E-state index in [1.54, 1.807) is 6.92 Å². The molecule has 236 valence electrons. The van der Waals surface area contributed by atoms with Crippen LogP contribution in [-0.4, -0.2) is 66.1 Å². The number of halogens is 9. The molecule has 3 rings (SSSR count). The SMILES string of the molecule is CCn1nc(C(=O)NC[C@H]2CC[C@@H](S(C)(=O)=O)CC2)c(Cl)c1-c1cnc(CC(C(F)(F)F)C(F)(F)F)cc1OC(F)F. The van der Waals surface area contributed by atoms with Crippen molar-refractivity contribution in [2.45, 2.75) is 69.8 Å². The van der Waals surface area contributed by atoms with E-state index in [-0.39, 0.29) is 41.0 Å². The molecule has 1 fully saturated rings. The van der Waals surface area contributed by atoms with Crippen molar-refractivity contribution in [3.8, 4) is 17.0 Å². The maximum absolute atomic E-state index is 13.2. The summed E-state index contributed by atoms with van der Waals surface area (Å²) >= 11 is 6.40. The summed E-state index contributed by atoms with van der Waals surface area (Å²) in [5.74, 6) is -5.37. The summed E-state index contributed by atoms with van der Waals surface area (Å²) in [6.07, 6.45) is -9.15. The van der Waals surface area contributed by atoms with E-state index in [2.05, 4.69) is 20.1 Å². The van der Waals surface area contributed by atoms with Crippen molar-refractivity contribution >= 4 is 27.3 Å². The third-order valence-corrected chi connectivity index (χ3v) is 9.00. The number of hydrogen-bond donors (Lipinski definition) is 1. The van der Waals surface area contributed by atoms with Crippen molar-refractivity contribution < 1.29 is 53.1 Å². The minimum Gasteiger partial charge on any atom is -0.434 e. The van der Waals surface area contributed by atoms with Crippen LogP contribution >= 0.6 is 11.6 Å². The van der Waals surface area contributed by atoms with Gasteiger partial charge in [0.25, 0.3) is 5.91 Å². The monoisotopic (exact) mass is 654 g/mol. The van der Waals surface area contributed by atoms with E-state index in [1.165, 1.54) is 6.26 Å². The molecule has 18 heteroatoms. The highest BCUT2D eigenvalue weighted by molar-refractivity contribution is 7.91. The first kappa shape index (κ1) is 33.8. The zero-order valence-corrected chi connectivity index (χ0v) is 23.8. The standard InChI is InChI=1S/C24H27ClF8N4O4S/c1-3-37-20(18(25)19(36-37)21(38)35-10-12-4-6-14(7-5-12)42(2,39)40)15-11-34-13(8-16(15)41-22(26)27)9-17(23(28,29)30)24(31,32)33/h8,11-12,14,17,22H,3-7,9-10H2,1-2H3,(H,35,38)/t12-,14+. The van der Waals surface area contributed by atoms with Crippen LogP contribution < -0.4 is 10.1 Å². The topological polar surface area (TPSA) is 103 Å². The van der Waals surface area contributed by atoms with Crippen LogP contribution in [0.1, 0.15) is 48.8 Å². The third-order valence-electron chi connectivity index (χ3n) is 6.96. The van der Waals surface area contributed by atoms with Gasteiger partial charge in [0.2, 0.25) is 0 Å². The second-order valence-corrected chi connectivity index (χ2v) is 12.6. The Labute approximate surface area is 240 Å². The maximum atomic E-state index is 13.2. The Hall–Kier alpha value is -2.69. The largest absolute Gasteiger partial charge is 0.434 e. The van der Waals surface area contributed by atoms with Crippen LogP contribution in [0.15, 0.2) is 12.3 Å². The van der Waals surface area contributed by atoms with Gasteiger partial charge in [0.05, 0.1) is 21.5 Å². The molecule has 2 heterocycles. The van der Waals surface area contributed by atoms with Crippen LogP contribution in [0.5, 0.6) is 5.75 Å². The molecule has 0 spiro atoms. The zero-order valence-electron chi connectivity index (χ0n) is 22.2. The van der Waals surface area contributed by atoms with Gasteiger partial charge < -0.3 is 10.1 Å². The molecule has 0 radical (unpaired) electrons. The fraction of sp³-hybridized carbons (Fsp3) is 0.625. The number of nitrogens with one attached hydrogen (secondary N) is 1. The Kier molecular flexibility index (Phi) is 10.4. The van der Waals surface area contributed by atoms with E-state index >= 15 is 0 Å². The number of hydrogen-bond acceptors (Lipinski definition) is 6. The van der Waals surface area contributed by atoms with Crippen molar-refractivity contribution in [3.63, 3.8) is 0 Å². The molecule has 0 saturated heterocycles. The first-order valence-electron chi connectivity index (χ1n) is 12.6. The van der Waals surface area contributed by atoms with Crippen LogP contribution in [0.25, 0.3) is 11.3 Å². The summed E-state index contributed by atoms with van der Waals surface area (Å²) in [5, 5.41) is 5.96. The van der Waals surface area contributed by atoms with Crippen LogP contribution in [-0.2, 0) is 22.8 Å². The molecule has 1 amide bonds. The highest BCUT2D eigenvalue weighted by atomic mass is 35.5. The van der Waals surface area contributed by atoms with Gasteiger partial charge in [0, 0.05) is 43.7 Å². The quantitative estimate of drug-likeness (QED) is 0.323. The maximum Gasteiger partial charge on any atom is 0.400 e. The van der Waals surface area contributed by atoms with Crippen molar-refractivity contribution in [1.82, 2.24) is 20.1 Å². The Morgan fingerprint density at radius 2 is 1.74 bits per heavy atom. The number of carbonyl (C=O) groups excluding carboxylic acids is 1. The summed E-state index contributed by atoms with van der Waals surface area (Å²) in [4.78, 5) is 16.5. The molecule has 1 N–H and O–H groups in total. The number of nitrogens with zero attached hydrogens (tertiary/aromatic N) is 3. The van der Waals surface area contributed by atoms with Gasteiger partial charge in [-0.1, -0.05) is 11.6 Å². The number of ether oxygens (including phenoxy) is 1. The van der Waals surface area contributed by atoms with Gasteiger partial charge in [0.1, 0.15) is 15.6 Å². The van der Waals surface area contributed by atoms with Gasteiger partial charge in [-0.25, -0.2) is 8.42 Å². The normalized spacial score (nSPS) is 18.5. The predicted octanol–water partition coefficient (Wildman–Crippen LogP) is 5.84. The van der Waals surface area contributed by atoms with Gasteiger partial charge in [-0.05, 0) is 38.5 Å². The smallest absolute Gasteiger partial charge is 0.400 e. The van der Waals surface area contributed by atoms with Crippen LogP contribution in [0.3, 0.4) is 0 Å². The Balaban J connectivity index is 1.88.